The van der Waals surface area contributed by atoms with E-state index in [1.54, 1.807) is 36.4 Å². The first-order valence-electron chi connectivity index (χ1n) is 8.57. The molecule has 0 aliphatic carbocycles. The van der Waals surface area contributed by atoms with Crippen LogP contribution in [0.1, 0.15) is 24.4 Å². The van der Waals surface area contributed by atoms with Gasteiger partial charge in [0, 0.05) is 6.04 Å². The van der Waals surface area contributed by atoms with E-state index in [9.17, 15) is 18.0 Å². The number of rotatable bonds is 2. The zero-order valence-corrected chi connectivity index (χ0v) is 13.9. The van der Waals surface area contributed by atoms with Crippen LogP contribution >= 0.6 is 0 Å². The molecule has 4 nitrogen and oxygen atoms in total. The Labute approximate surface area is 147 Å². The van der Waals surface area contributed by atoms with Crippen molar-refractivity contribution in [3.05, 3.63) is 58.5 Å². The first kappa shape index (κ1) is 16.9. The summed E-state index contributed by atoms with van der Waals surface area (Å²) >= 11 is 0. The number of nitrogens with zero attached hydrogens (tertiary/aromatic N) is 1. The third-order valence-corrected chi connectivity index (χ3v) is 4.92. The molecule has 1 saturated heterocycles. The van der Waals surface area contributed by atoms with Crippen LogP contribution in [0.2, 0.25) is 0 Å². The molecule has 1 aliphatic heterocycles. The van der Waals surface area contributed by atoms with E-state index in [0.29, 0.717) is 31.5 Å². The van der Waals surface area contributed by atoms with E-state index in [1.165, 1.54) is 10.6 Å². The van der Waals surface area contributed by atoms with Gasteiger partial charge in [-0.15, -0.1) is 0 Å². The van der Waals surface area contributed by atoms with Gasteiger partial charge in [0.2, 0.25) is 0 Å². The summed E-state index contributed by atoms with van der Waals surface area (Å²) in [6.07, 6.45) is -3.33. The highest BCUT2D eigenvalue weighted by molar-refractivity contribution is 5.88. The lowest BCUT2D eigenvalue weighted by Gasteiger charge is -2.25. The predicted molar refractivity (Wildman–Crippen MR) is 94.1 cm³/mol. The quantitative estimate of drug-likeness (QED) is 0.726. The van der Waals surface area contributed by atoms with Crippen molar-refractivity contribution in [2.75, 3.05) is 13.1 Å². The summed E-state index contributed by atoms with van der Waals surface area (Å²) in [6, 6.07) is 11.2. The highest BCUT2D eigenvalue weighted by Crippen LogP contribution is 2.42. The second-order valence-electron chi connectivity index (χ2n) is 6.53. The van der Waals surface area contributed by atoms with E-state index in [1.807, 2.05) is 0 Å². The fourth-order valence-corrected chi connectivity index (χ4v) is 3.78. The van der Waals surface area contributed by atoms with Crippen molar-refractivity contribution in [1.29, 1.82) is 0 Å². The van der Waals surface area contributed by atoms with E-state index < -0.39 is 17.4 Å². The maximum absolute atomic E-state index is 14.1. The van der Waals surface area contributed by atoms with Crippen molar-refractivity contribution in [3.8, 4) is 11.1 Å². The number of aromatic nitrogens is 2. The largest absolute Gasteiger partial charge is 0.419 e. The number of hydrogen-bond donors (Lipinski definition) is 2. The van der Waals surface area contributed by atoms with Crippen LogP contribution in [0.3, 0.4) is 0 Å². The van der Waals surface area contributed by atoms with Gasteiger partial charge in [0.1, 0.15) is 0 Å². The monoisotopic (exact) mass is 361 g/mol. The van der Waals surface area contributed by atoms with Gasteiger partial charge < -0.3 is 10.3 Å². The van der Waals surface area contributed by atoms with E-state index in [4.69, 9.17) is 0 Å². The molecule has 1 fully saturated rings. The van der Waals surface area contributed by atoms with E-state index in [-0.39, 0.29) is 22.6 Å². The van der Waals surface area contributed by atoms with Gasteiger partial charge in [0.15, 0.2) is 0 Å². The molecule has 0 atom stereocenters. The van der Waals surface area contributed by atoms with Crippen LogP contribution in [-0.2, 0) is 6.18 Å². The Hall–Kier alpha value is -2.54. The third-order valence-electron chi connectivity index (χ3n) is 4.92. The predicted octanol–water partition coefficient (Wildman–Crippen LogP) is 3.94. The van der Waals surface area contributed by atoms with Gasteiger partial charge in [-0.2, -0.15) is 13.2 Å². The zero-order chi connectivity index (χ0) is 18.3. The molecule has 0 radical (unpaired) electrons. The summed E-state index contributed by atoms with van der Waals surface area (Å²) in [5.41, 5.74) is -0.489. The molecule has 7 heteroatoms. The second kappa shape index (κ2) is 6.32. The van der Waals surface area contributed by atoms with Gasteiger partial charge in [-0.1, -0.05) is 36.4 Å². The number of H-pyrrole nitrogens is 1. The second-order valence-corrected chi connectivity index (χ2v) is 6.53. The molecule has 0 unspecified atom stereocenters. The van der Waals surface area contributed by atoms with Crippen LogP contribution in [-0.4, -0.2) is 22.6 Å². The Morgan fingerprint density at radius 3 is 2.35 bits per heavy atom. The Balaban J connectivity index is 2.05. The van der Waals surface area contributed by atoms with Crippen LogP contribution in [0.25, 0.3) is 22.2 Å². The zero-order valence-electron chi connectivity index (χ0n) is 13.9. The van der Waals surface area contributed by atoms with Crippen LogP contribution in [0, 0.1) is 0 Å². The number of piperidine rings is 1. The fourth-order valence-electron chi connectivity index (χ4n) is 3.78. The molecule has 1 aliphatic rings. The van der Waals surface area contributed by atoms with Gasteiger partial charge in [-0.3, -0.25) is 4.57 Å². The molecule has 26 heavy (non-hydrogen) atoms. The van der Waals surface area contributed by atoms with E-state index >= 15 is 0 Å². The summed E-state index contributed by atoms with van der Waals surface area (Å²) in [4.78, 5) is 15.1. The molecular weight excluding hydrogens is 343 g/mol. The van der Waals surface area contributed by atoms with Gasteiger partial charge in [-0.25, -0.2) is 4.79 Å². The Kier molecular flexibility index (Phi) is 4.11. The molecule has 0 bridgehead atoms. The number of aromatic amines is 1. The Morgan fingerprint density at radius 2 is 1.69 bits per heavy atom. The highest BCUT2D eigenvalue weighted by atomic mass is 19.4. The third kappa shape index (κ3) is 2.82. The summed E-state index contributed by atoms with van der Waals surface area (Å²) in [5, 5.41) is 3.18. The number of nitrogens with one attached hydrogen (secondary N) is 2. The number of benzene rings is 2. The topological polar surface area (TPSA) is 49.8 Å². The fraction of sp³-hybridized carbons (Fsp3) is 0.316. The lowest BCUT2D eigenvalue weighted by atomic mass is 9.97. The van der Waals surface area contributed by atoms with E-state index in [2.05, 4.69) is 10.3 Å². The minimum Gasteiger partial charge on any atom is -0.317 e. The molecule has 2 N–H and O–H groups in total. The van der Waals surface area contributed by atoms with Crippen LogP contribution in [0.15, 0.2) is 47.3 Å². The standard InChI is InChI=1S/C19H18F3N3O/c20-19(21,22)16-14(12-4-2-1-3-5-12)6-7-15-17(16)25(18(26)24-15)13-8-10-23-11-9-13/h1-7,13,23H,8-11H2,(H,24,26). The smallest absolute Gasteiger partial charge is 0.317 e. The number of fused-ring (bicyclic) bond motifs is 1. The summed E-state index contributed by atoms with van der Waals surface area (Å²) in [7, 11) is 0. The Bertz CT molecular complexity index is 983. The number of imidazole rings is 1. The first-order valence-corrected chi connectivity index (χ1v) is 8.57. The number of alkyl halides is 3. The van der Waals surface area contributed by atoms with Crippen molar-refractivity contribution >= 4 is 11.0 Å². The van der Waals surface area contributed by atoms with E-state index in [0.717, 1.165) is 0 Å². The van der Waals surface area contributed by atoms with Crippen LogP contribution in [0.4, 0.5) is 13.2 Å². The van der Waals surface area contributed by atoms with Gasteiger partial charge in [-0.05, 0) is 43.1 Å². The van der Waals surface area contributed by atoms with Gasteiger partial charge in [0.05, 0.1) is 16.6 Å². The molecule has 2 aromatic carbocycles. The average Bonchev–Trinajstić information content (AvgIpc) is 2.97. The molecular formula is C19H18F3N3O. The summed E-state index contributed by atoms with van der Waals surface area (Å²) in [6.45, 7) is 1.37. The normalized spacial score (nSPS) is 16.3. The number of hydrogen-bond acceptors (Lipinski definition) is 2. The minimum atomic E-state index is -4.58. The molecule has 4 rings (SSSR count). The molecule has 3 aromatic rings. The summed E-state index contributed by atoms with van der Waals surface area (Å²) < 4.78 is 43.5. The summed E-state index contributed by atoms with van der Waals surface area (Å²) in [5.74, 6) is 0. The maximum atomic E-state index is 14.1. The molecule has 0 saturated carbocycles. The number of halogens is 3. The van der Waals surface area contributed by atoms with Crippen molar-refractivity contribution < 1.29 is 13.2 Å². The van der Waals surface area contributed by atoms with Crippen molar-refractivity contribution in [2.24, 2.45) is 0 Å². The molecule has 136 valence electrons. The van der Waals surface area contributed by atoms with Crippen molar-refractivity contribution in [3.63, 3.8) is 0 Å². The minimum absolute atomic E-state index is 0.0456. The Morgan fingerprint density at radius 1 is 1.00 bits per heavy atom. The molecule has 1 aromatic heterocycles. The lowest BCUT2D eigenvalue weighted by molar-refractivity contribution is -0.136. The van der Waals surface area contributed by atoms with Crippen LogP contribution < -0.4 is 11.0 Å². The molecule has 0 spiro atoms. The lowest BCUT2D eigenvalue weighted by Crippen LogP contribution is -2.33. The van der Waals surface area contributed by atoms with Crippen molar-refractivity contribution in [2.45, 2.75) is 25.1 Å². The van der Waals surface area contributed by atoms with Gasteiger partial charge >= 0.3 is 11.9 Å². The highest BCUT2D eigenvalue weighted by Gasteiger charge is 2.38. The molecule has 2 heterocycles. The molecule has 0 amide bonds. The van der Waals surface area contributed by atoms with Gasteiger partial charge in [0.25, 0.3) is 0 Å². The first-order chi connectivity index (χ1) is 12.5. The van der Waals surface area contributed by atoms with Crippen molar-refractivity contribution in [1.82, 2.24) is 14.9 Å². The maximum Gasteiger partial charge on any atom is 0.419 e. The SMILES string of the molecule is O=c1[nH]c2ccc(-c3ccccc3)c(C(F)(F)F)c2n1C1CCNCC1. The average molecular weight is 361 g/mol. The van der Waals surface area contributed by atoms with Crippen LogP contribution in [0.5, 0.6) is 0 Å².